The summed E-state index contributed by atoms with van der Waals surface area (Å²) in [7, 11) is 0. The summed E-state index contributed by atoms with van der Waals surface area (Å²) >= 11 is 0. The van der Waals surface area contributed by atoms with E-state index in [-0.39, 0.29) is 0 Å². The summed E-state index contributed by atoms with van der Waals surface area (Å²) in [5, 5.41) is 0. The maximum atomic E-state index is 13.2. The Morgan fingerprint density at radius 3 is 2.30 bits per heavy atom. The van der Waals surface area contributed by atoms with Crippen LogP contribution >= 0.6 is 0 Å². The molecule has 0 nitrogen and oxygen atoms in total. The van der Waals surface area contributed by atoms with Crippen LogP contribution in [-0.2, 0) is 6.42 Å². The third-order valence-electron chi connectivity index (χ3n) is 4.69. The molecule has 0 atom stereocenters. The third kappa shape index (κ3) is 4.57. The van der Waals surface area contributed by atoms with Crippen LogP contribution < -0.4 is 0 Å². The number of hydrogen-bond acceptors (Lipinski definition) is 0. The lowest BCUT2D eigenvalue weighted by atomic mass is 9.77. The van der Waals surface area contributed by atoms with Crippen molar-refractivity contribution in [1.82, 2.24) is 0 Å². The first kappa shape index (κ1) is 15.5. The van der Waals surface area contributed by atoms with Gasteiger partial charge in [-0.3, -0.25) is 0 Å². The van der Waals surface area contributed by atoms with Gasteiger partial charge in [0.1, 0.15) is 0 Å². The fourth-order valence-electron chi connectivity index (χ4n) is 3.41. The fraction of sp³-hybridized carbons (Fsp3) is 0.667. The molecule has 0 unspecified atom stereocenters. The van der Waals surface area contributed by atoms with E-state index >= 15 is 0 Å². The molecule has 0 N–H and O–H groups in total. The van der Waals surface area contributed by atoms with E-state index < -0.39 is 11.6 Å². The highest BCUT2D eigenvalue weighted by atomic mass is 19.2. The first-order chi connectivity index (χ1) is 9.69. The maximum Gasteiger partial charge on any atom is 0.159 e. The van der Waals surface area contributed by atoms with Gasteiger partial charge in [-0.25, -0.2) is 8.78 Å². The van der Waals surface area contributed by atoms with Crippen LogP contribution in [0.4, 0.5) is 8.78 Å². The molecule has 0 spiro atoms. The minimum Gasteiger partial charge on any atom is -0.204 e. The maximum absolute atomic E-state index is 13.2. The van der Waals surface area contributed by atoms with Crippen LogP contribution in [0.25, 0.3) is 0 Å². The van der Waals surface area contributed by atoms with Gasteiger partial charge in [0, 0.05) is 0 Å². The molecule has 0 saturated heterocycles. The Balaban J connectivity index is 1.75. The average molecular weight is 280 g/mol. The van der Waals surface area contributed by atoms with Crippen molar-refractivity contribution in [3.05, 3.63) is 35.4 Å². The van der Waals surface area contributed by atoms with Crippen molar-refractivity contribution in [1.29, 1.82) is 0 Å². The zero-order chi connectivity index (χ0) is 14.4. The zero-order valence-corrected chi connectivity index (χ0v) is 12.5. The highest BCUT2D eigenvalue weighted by Crippen LogP contribution is 2.33. The van der Waals surface area contributed by atoms with E-state index in [9.17, 15) is 8.78 Å². The number of halogens is 2. The van der Waals surface area contributed by atoms with Crippen molar-refractivity contribution in [2.45, 2.75) is 64.7 Å². The molecule has 0 amide bonds. The van der Waals surface area contributed by atoms with Crippen LogP contribution in [0.3, 0.4) is 0 Å². The van der Waals surface area contributed by atoms with Gasteiger partial charge in [-0.15, -0.1) is 0 Å². The second-order valence-corrected chi connectivity index (χ2v) is 6.34. The molecule has 2 rings (SSSR count). The molecule has 112 valence electrons. The quantitative estimate of drug-likeness (QED) is 0.570. The Morgan fingerprint density at radius 1 is 0.950 bits per heavy atom. The zero-order valence-electron chi connectivity index (χ0n) is 12.5. The molecule has 1 saturated carbocycles. The number of unbranched alkanes of at least 4 members (excludes halogenated alkanes) is 2. The summed E-state index contributed by atoms with van der Waals surface area (Å²) in [5.41, 5.74) is 0.943. The van der Waals surface area contributed by atoms with Gasteiger partial charge in [0.2, 0.25) is 0 Å². The van der Waals surface area contributed by atoms with E-state index in [0.717, 1.165) is 17.9 Å². The van der Waals surface area contributed by atoms with E-state index in [2.05, 4.69) is 6.92 Å². The van der Waals surface area contributed by atoms with Crippen molar-refractivity contribution in [3.8, 4) is 0 Å². The molecule has 1 aromatic carbocycles. The van der Waals surface area contributed by atoms with Crippen molar-refractivity contribution >= 4 is 0 Å². The molecular formula is C18H26F2. The smallest absolute Gasteiger partial charge is 0.159 e. The average Bonchev–Trinajstić information content (AvgIpc) is 2.45. The second-order valence-electron chi connectivity index (χ2n) is 6.34. The minimum atomic E-state index is -0.742. The monoisotopic (exact) mass is 280 g/mol. The lowest BCUT2D eigenvalue weighted by molar-refractivity contribution is 0.257. The van der Waals surface area contributed by atoms with E-state index in [1.54, 1.807) is 6.07 Å². The Morgan fingerprint density at radius 2 is 1.65 bits per heavy atom. The second kappa shape index (κ2) is 7.75. The Hall–Kier alpha value is -0.920. The molecule has 0 radical (unpaired) electrons. The van der Waals surface area contributed by atoms with Crippen LogP contribution in [0.2, 0.25) is 0 Å². The Labute approximate surface area is 121 Å². The number of benzene rings is 1. The normalized spacial score (nSPS) is 22.9. The molecule has 0 aromatic heterocycles. The molecule has 1 aliphatic carbocycles. The molecule has 1 aromatic rings. The Bertz CT molecular complexity index is 406. The summed E-state index contributed by atoms with van der Waals surface area (Å²) in [6.07, 6.45) is 11.4. The van der Waals surface area contributed by atoms with Crippen molar-refractivity contribution in [2.75, 3.05) is 0 Å². The lowest BCUT2D eigenvalue weighted by Crippen LogP contribution is -2.16. The van der Waals surface area contributed by atoms with Gasteiger partial charge in [-0.1, -0.05) is 51.5 Å². The topological polar surface area (TPSA) is 0 Å². The van der Waals surface area contributed by atoms with Gasteiger partial charge in [0.05, 0.1) is 0 Å². The van der Waals surface area contributed by atoms with Crippen LogP contribution in [0.15, 0.2) is 18.2 Å². The fourth-order valence-corrected chi connectivity index (χ4v) is 3.41. The molecule has 20 heavy (non-hydrogen) atoms. The predicted octanol–water partition coefficient (Wildman–Crippen LogP) is 5.89. The Kier molecular flexibility index (Phi) is 6.00. The van der Waals surface area contributed by atoms with Crippen molar-refractivity contribution in [3.63, 3.8) is 0 Å². The van der Waals surface area contributed by atoms with Gasteiger partial charge in [-0.2, -0.15) is 0 Å². The van der Waals surface area contributed by atoms with E-state index in [1.807, 2.05) is 0 Å². The van der Waals surface area contributed by atoms with Gasteiger partial charge in [0.25, 0.3) is 0 Å². The predicted molar refractivity (Wildman–Crippen MR) is 79.7 cm³/mol. The summed E-state index contributed by atoms with van der Waals surface area (Å²) in [6, 6.07) is 4.34. The van der Waals surface area contributed by atoms with Gasteiger partial charge >= 0.3 is 0 Å². The third-order valence-corrected chi connectivity index (χ3v) is 4.69. The molecular weight excluding hydrogens is 254 g/mol. The summed E-state index contributed by atoms with van der Waals surface area (Å²) in [4.78, 5) is 0. The van der Waals surface area contributed by atoms with Crippen molar-refractivity contribution in [2.24, 2.45) is 11.8 Å². The lowest BCUT2D eigenvalue weighted by Gasteiger charge is -2.28. The highest BCUT2D eigenvalue weighted by Gasteiger charge is 2.21. The molecule has 0 bridgehead atoms. The van der Waals surface area contributed by atoms with E-state index in [4.69, 9.17) is 0 Å². The van der Waals surface area contributed by atoms with Crippen LogP contribution in [0, 0.1) is 23.5 Å². The number of rotatable bonds is 6. The van der Waals surface area contributed by atoms with Crippen LogP contribution in [0.5, 0.6) is 0 Å². The minimum absolute atomic E-state index is 0.655. The first-order valence-electron chi connectivity index (χ1n) is 8.13. The van der Waals surface area contributed by atoms with Crippen LogP contribution in [-0.4, -0.2) is 0 Å². The molecule has 1 fully saturated rings. The summed E-state index contributed by atoms with van der Waals surface area (Å²) in [5.74, 6) is 0.106. The van der Waals surface area contributed by atoms with Gasteiger partial charge < -0.3 is 0 Å². The van der Waals surface area contributed by atoms with E-state index in [0.29, 0.717) is 5.92 Å². The summed E-state index contributed by atoms with van der Waals surface area (Å²) in [6.45, 7) is 2.25. The SMILES string of the molecule is CCCCCC1CCC(Cc2ccc(F)c(F)c2)CC1. The standard InChI is InChI=1S/C18H26F2/c1-2-3-4-5-14-6-8-15(9-7-14)12-16-10-11-17(19)18(20)13-16/h10-11,13-15H,2-9,12H2,1H3. The highest BCUT2D eigenvalue weighted by molar-refractivity contribution is 5.18. The van der Waals surface area contributed by atoms with Gasteiger partial charge in [0.15, 0.2) is 11.6 Å². The molecule has 2 heteroatoms. The molecule has 0 heterocycles. The molecule has 0 aliphatic heterocycles. The van der Waals surface area contributed by atoms with Crippen LogP contribution in [0.1, 0.15) is 63.9 Å². The van der Waals surface area contributed by atoms with Crippen molar-refractivity contribution < 1.29 is 8.78 Å². The first-order valence-corrected chi connectivity index (χ1v) is 8.13. The summed E-state index contributed by atoms with van der Waals surface area (Å²) < 4.78 is 26.1. The molecule has 1 aliphatic rings. The van der Waals surface area contributed by atoms with E-state index in [1.165, 1.54) is 63.5 Å². The number of hydrogen-bond donors (Lipinski definition) is 0. The largest absolute Gasteiger partial charge is 0.204 e. The van der Waals surface area contributed by atoms with Gasteiger partial charge in [-0.05, 0) is 48.8 Å².